The quantitative estimate of drug-likeness (QED) is 0.228. The van der Waals surface area contributed by atoms with Crippen LogP contribution in [0.15, 0.2) is 88.9 Å². The van der Waals surface area contributed by atoms with Gasteiger partial charge in [0.25, 0.3) is 0 Å². The number of halogens is 2. The molecule has 0 radical (unpaired) electrons. The molecule has 0 aliphatic rings. The van der Waals surface area contributed by atoms with Crippen molar-refractivity contribution in [3.63, 3.8) is 0 Å². The Morgan fingerprint density at radius 2 is 1.89 bits per heavy atom. The molecule has 0 atom stereocenters. The summed E-state index contributed by atoms with van der Waals surface area (Å²) in [6.45, 7) is 4.16. The maximum absolute atomic E-state index is 13.4. The minimum absolute atomic E-state index is 0.295. The van der Waals surface area contributed by atoms with Crippen molar-refractivity contribution < 1.29 is 13.9 Å². The van der Waals surface area contributed by atoms with Gasteiger partial charge in [-0.05, 0) is 68.4 Å². The SMILES string of the molecule is CCOC(=O)c1cccc(Sc2c(C)n(-c3cnn(-c4ccc(F)cc4)c3)c3cc(Cl)ccc23)c1. The third kappa shape index (κ3) is 4.57. The van der Waals surface area contributed by atoms with Gasteiger partial charge >= 0.3 is 5.97 Å². The monoisotopic (exact) mass is 505 g/mol. The van der Waals surface area contributed by atoms with Crippen molar-refractivity contribution in [2.24, 2.45) is 0 Å². The van der Waals surface area contributed by atoms with E-state index in [0.29, 0.717) is 17.2 Å². The molecular formula is C27H21ClFN3O2S. The molecule has 0 amide bonds. The first-order valence-corrected chi connectivity index (χ1v) is 12.2. The Morgan fingerprint density at radius 3 is 2.66 bits per heavy atom. The molecule has 2 heterocycles. The first-order valence-electron chi connectivity index (χ1n) is 11.0. The number of aromatic nitrogens is 3. The third-order valence-electron chi connectivity index (χ3n) is 5.59. The number of fused-ring (bicyclic) bond motifs is 1. The largest absolute Gasteiger partial charge is 0.462 e. The molecule has 0 bridgehead atoms. The molecule has 5 aromatic rings. The zero-order valence-electron chi connectivity index (χ0n) is 19.0. The fourth-order valence-corrected chi connectivity index (χ4v) is 5.26. The van der Waals surface area contributed by atoms with E-state index in [2.05, 4.69) is 9.67 Å². The van der Waals surface area contributed by atoms with Crippen LogP contribution in [0, 0.1) is 12.7 Å². The zero-order chi connectivity index (χ0) is 24.5. The average molecular weight is 506 g/mol. The second-order valence-electron chi connectivity index (χ2n) is 7.88. The lowest BCUT2D eigenvalue weighted by atomic mass is 10.2. The first-order chi connectivity index (χ1) is 16.9. The number of esters is 1. The highest BCUT2D eigenvalue weighted by atomic mass is 35.5. The van der Waals surface area contributed by atoms with Crippen molar-refractivity contribution in [2.75, 3.05) is 6.61 Å². The molecule has 0 saturated carbocycles. The summed E-state index contributed by atoms with van der Waals surface area (Å²) >= 11 is 7.95. The van der Waals surface area contributed by atoms with Crippen molar-refractivity contribution in [1.29, 1.82) is 0 Å². The second kappa shape index (κ2) is 9.60. The van der Waals surface area contributed by atoms with Crippen LogP contribution in [-0.2, 0) is 4.74 Å². The Labute approximate surface area is 211 Å². The lowest BCUT2D eigenvalue weighted by molar-refractivity contribution is 0.0526. The number of ether oxygens (including phenoxy) is 1. The summed E-state index contributed by atoms with van der Waals surface area (Å²) in [7, 11) is 0. The summed E-state index contributed by atoms with van der Waals surface area (Å²) in [6.07, 6.45) is 3.67. The van der Waals surface area contributed by atoms with E-state index < -0.39 is 0 Å². The number of hydrogen-bond acceptors (Lipinski definition) is 4. The van der Waals surface area contributed by atoms with Crippen LogP contribution in [0.5, 0.6) is 0 Å². The van der Waals surface area contributed by atoms with E-state index in [0.717, 1.165) is 37.8 Å². The summed E-state index contributed by atoms with van der Waals surface area (Å²) in [4.78, 5) is 14.2. The molecule has 0 aliphatic carbocycles. The van der Waals surface area contributed by atoms with Gasteiger partial charge in [-0.15, -0.1) is 0 Å². The van der Waals surface area contributed by atoms with Gasteiger partial charge in [0, 0.05) is 25.9 Å². The minimum atomic E-state index is -0.339. The van der Waals surface area contributed by atoms with Gasteiger partial charge in [0.2, 0.25) is 0 Å². The highest BCUT2D eigenvalue weighted by molar-refractivity contribution is 7.99. The molecule has 0 N–H and O–H groups in total. The number of carbonyl (C=O) groups is 1. The van der Waals surface area contributed by atoms with Crippen LogP contribution in [0.1, 0.15) is 23.0 Å². The molecule has 5 rings (SSSR count). The summed E-state index contributed by atoms with van der Waals surface area (Å²) in [5.74, 6) is -0.634. The van der Waals surface area contributed by atoms with Crippen LogP contribution in [0.25, 0.3) is 22.3 Å². The van der Waals surface area contributed by atoms with E-state index in [4.69, 9.17) is 16.3 Å². The van der Waals surface area contributed by atoms with E-state index in [9.17, 15) is 9.18 Å². The maximum Gasteiger partial charge on any atom is 0.338 e. The number of hydrogen-bond donors (Lipinski definition) is 0. The van der Waals surface area contributed by atoms with E-state index in [-0.39, 0.29) is 11.8 Å². The van der Waals surface area contributed by atoms with Crippen molar-refractivity contribution >= 4 is 40.2 Å². The predicted molar refractivity (Wildman–Crippen MR) is 137 cm³/mol. The molecule has 176 valence electrons. The standard InChI is InChI=1S/C27H21ClFN3O2S/c1-3-34-27(33)18-5-4-6-23(13-18)35-26-17(2)32(25-14-19(28)7-12-24(25)26)22-15-30-31(16-22)21-10-8-20(29)9-11-21/h4-16H,3H2,1-2H3. The fourth-order valence-electron chi connectivity index (χ4n) is 4.00. The average Bonchev–Trinajstić information content (AvgIpc) is 3.43. The van der Waals surface area contributed by atoms with Gasteiger partial charge in [0.05, 0.1) is 41.5 Å². The molecule has 0 spiro atoms. The van der Waals surface area contributed by atoms with Crippen LogP contribution >= 0.6 is 23.4 Å². The Bertz CT molecular complexity index is 1540. The lowest BCUT2D eigenvalue weighted by Crippen LogP contribution is -2.04. The molecule has 8 heteroatoms. The Kier molecular flexibility index (Phi) is 6.36. The van der Waals surface area contributed by atoms with Gasteiger partial charge in [0.1, 0.15) is 5.82 Å². The molecule has 0 fully saturated rings. The normalized spacial score (nSPS) is 11.2. The van der Waals surface area contributed by atoms with Gasteiger partial charge in [-0.3, -0.25) is 0 Å². The zero-order valence-corrected chi connectivity index (χ0v) is 20.6. The van der Waals surface area contributed by atoms with E-state index in [1.807, 2.05) is 49.5 Å². The fraction of sp³-hybridized carbons (Fsp3) is 0.111. The van der Waals surface area contributed by atoms with E-state index in [1.54, 1.807) is 47.8 Å². The molecule has 0 aliphatic heterocycles. The number of rotatable bonds is 6. The van der Waals surface area contributed by atoms with Crippen LogP contribution < -0.4 is 0 Å². The summed E-state index contributed by atoms with van der Waals surface area (Å²) in [5, 5.41) is 6.15. The van der Waals surface area contributed by atoms with Gasteiger partial charge in [-0.2, -0.15) is 5.10 Å². The number of benzene rings is 3. The highest BCUT2D eigenvalue weighted by Gasteiger charge is 2.19. The third-order valence-corrected chi connectivity index (χ3v) is 7.04. The van der Waals surface area contributed by atoms with Crippen molar-refractivity contribution in [3.8, 4) is 11.4 Å². The molecule has 35 heavy (non-hydrogen) atoms. The topological polar surface area (TPSA) is 49.1 Å². The number of carbonyl (C=O) groups excluding carboxylic acids is 1. The summed E-state index contributed by atoms with van der Waals surface area (Å²) in [5.41, 5.74) is 4.08. The Morgan fingerprint density at radius 1 is 1.09 bits per heavy atom. The van der Waals surface area contributed by atoms with Gasteiger partial charge < -0.3 is 9.30 Å². The summed E-state index contributed by atoms with van der Waals surface area (Å²) < 4.78 is 22.3. The van der Waals surface area contributed by atoms with Gasteiger partial charge in [-0.25, -0.2) is 13.9 Å². The first kappa shape index (κ1) is 23.2. The molecule has 2 aromatic heterocycles. The maximum atomic E-state index is 13.4. The smallest absolute Gasteiger partial charge is 0.338 e. The number of nitrogens with zero attached hydrogens (tertiary/aromatic N) is 3. The van der Waals surface area contributed by atoms with Crippen LogP contribution in [0.4, 0.5) is 4.39 Å². The molecule has 3 aromatic carbocycles. The van der Waals surface area contributed by atoms with E-state index >= 15 is 0 Å². The molecule has 0 saturated heterocycles. The van der Waals surface area contributed by atoms with Crippen molar-refractivity contribution in [1.82, 2.24) is 14.3 Å². The van der Waals surface area contributed by atoms with Gasteiger partial charge in [0.15, 0.2) is 0 Å². The van der Waals surface area contributed by atoms with E-state index in [1.165, 1.54) is 12.1 Å². The van der Waals surface area contributed by atoms with Crippen molar-refractivity contribution in [3.05, 3.63) is 101 Å². The highest BCUT2D eigenvalue weighted by Crippen LogP contribution is 2.40. The molecule has 5 nitrogen and oxygen atoms in total. The Hall–Kier alpha value is -3.55. The lowest BCUT2D eigenvalue weighted by Gasteiger charge is -2.07. The Balaban J connectivity index is 1.58. The molecule has 0 unspecified atom stereocenters. The summed E-state index contributed by atoms with van der Waals surface area (Å²) in [6, 6.07) is 19.4. The van der Waals surface area contributed by atoms with Gasteiger partial charge in [-0.1, -0.05) is 35.5 Å². The van der Waals surface area contributed by atoms with Crippen LogP contribution in [-0.4, -0.2) is 26.9 Å². The van der Waals surface area contributed by atoms with Crippen LogP contribution in [0.2, 0.25) is 5.02 Å². The van der Waals surface area contributed by atoms with Crippen molar-refractivity contribution in [2.45, 2.75) is 23.6 Å². The minimum Gasteiger partial charge on any atom is -0.462 e. The molecular weight excluding hydrogens is 485 g/mol. The van der Waals surface area contributed by atoms with Crippen LogP contribution in [0.3, 0.4) is 0 Å². The predicted octanol–water partition coefficient (Wildman–Crippen LogP) is 7.25. The second-order valence-corrected chi connectivity index (χ2v) is 9.40.